The number of guanidine groups is 1. The number of ether oxygens (including phenoxy) is 1. The Kier molecular flexibility index (Phi) is 8.22. The van der Waals surface area contributed by atoms with Crippen molar-refractivity contribution in [3.8, 4) is 0 Å². The fourth-order valence-corrected chi connectivity index (χ4v) is 3.31. The Balaban J connectivity index is 1.78. The molecule has 1 heterocycles. The standard InChI is InChI=1S/C20H34N4O/c1-16(2)19(24-10-12-25-13-11-24)15-23-20(21-4)22-9-8-18-7-5-6-17(3)14-18/h5-7,14,16,19H,8-13,15H2,1-4H3,(H2,21,22,23). The molecular formula is C20H34N4O. The lowest BCUT2D eigenvalue weighted by molar-refractivity contribution is 0.00752. The maximum absolute atomic E-state index is 5.48. The lowest BCUT2D eigenvalue weighted by Gasteiger charge is -2.37. The highest BCUT2D eigenvalue weighted by Crippen LogP contribution is 2.12. The molecule has 1 unspecified atom stereocenters. The summed E-state index contributed by atoms with van der Waals surface area (Å²) in [5, 5.41) is 6.93. The van der Waals surface area contributed by atoms with E-state index in [1.54, 1.807) is 0 Å². The molecule has 2 N–H and O–H groups in total. The van der Waals surface area contributed by atoms with Gasteiger partial charge in [0.1, 0.15) is 0 Å². The van der Waals surface area contributed by atoms with Crippen LogP contribution in [-0.4, -0.2) is 63.3 Å². The summed E-state index contributed by atoms with van der Waals surface area (Å²) in [5.41, 5.74) is 2.67. The molecule has 5 nitrogen and oxygen atoms in total. The maximum Gasteiger partial charge on any atom is 0.191 e. The van der Waals surface area contributed by atoms with Crippen molar-refractivity contribution in [2.24, 2.45) is 10.9 Å². The van der Waals surface area contributed by atoms with E-state index in [-0.39, 0.29) is 0 Å². The molecule has 0 bridgehead atoms. The van der Waals surface area contributed by atoms with Crippen molar-refractivity contribution < 1.29 is 4.74 Å². The number of aliphatic imine (C=N–C) groups is 1. The van der Waals surface area contributed by atoms with Crippen LogP contribution in [0.1, 0.15) is 25.0 Å². The van der Waals surface area contributed by atoms with Crippen molar-refractivity contribution in [3.05, 3.63) is 35.4 Å². The molecule has 1 aromatic carbocycles. The highest BCUT2D eigenvalue weighted by atomic mass is 16.5. The van der Waals surface area contributed by atoms with Crippen LogP contribution in [0.25, 0.3) is 0 Å². The molecule has 0 aromatic heterocycles. The normalized spacial score (nSPS) is 17.6. The number of rotatable bonds is 7. The minimum Gasteiger partial charge on any atom is -0.379 e. The smallest absolute Gasteiger partial charge is 0.191 e. The minimum absolute atomic E-state index is 0.499. The number of benzene rings is 1. The van der Waals surface area contributed by atoms with Gasteiger partial charge in [0.05, 0.1) is 13.2 Å². The van der Waals surface area contributed by atoms with Gasteiger partial charge in [0.2, 0.25) is 0 Å². The van der Waals surface area contributed by atoms with Crippen LogP contribution in [0.2, 0.25) is 0 Å². The molecule has 1 aromatic rings. The monoisotopic (exact) mass is 346 g/mol. The van der Waals surface area contributed by atoms with Gasteiger partial charge in [-0.1, -0.05) is 43.7 Å². The predicted octanol–water partition coefficient (Wildman–Crippen LogP) is 2.06. The SMILES string of the molecule is CN=C(NCCc1cccc(C)c1)NCC(C(C)C)N1CCOCC1. The van der Waals surface area contributed by atoms with Crippen molar-refractivity contribution in [2.45, 2.75) is 33.2 Å². The third-order valence-electron chi connectivity index (χ3n) is 4.78. The van der Waals surface area contributed by atoms with Crippen molar-refractivity contribution in [3.63, 3.8) is 0 Å². The second-order valence-corrected chi connectivity index (χ2v) is 7.08. The van der Waals surface area contributed by atoms with Gasteiger partial charge in [-0.25, -0.2) is 0 Å². The largest absolute Gasteiger partial charge is 0.379 e. The molecule has 25 heavy (non-hydrogen) atoms. The van der Waals surface area contributed by atoms with E-state index < -0.39 is 0 Å². The summed E-state index contributed by atoms with van der Waals surface area (Å²) in [5.74, 6) is 1.47. The highest BCUT2D eigenvalue weighted by molar-refractivity contribution is 5.79. The topological polar surface area (TPSA) is 48.9 Å². The summed E-state index contributed by atoms with van der Waals surface area (Å²) in [7, 11) is 1.83. The van der Waals surface area contributed by atoms with Crippen molar-refractivity contribution in [1.82, 2.24) is 15.5 Å². The number of aryl methyl sites for hydroxylation is 1. The van der Waals surface area contributed by atoms with Gasteiger partial charge in [0.15, 0.2) is 5.96 Å². The Hall–Kier alpha value is -1.59. The summed E-state index contributed by atoms with van der Waals surface area (Å²) >= 11 is 0. The Morgan fingerprint density at radius 2 is 2.00 bits per heavy atom. The third-order valence-corrected chi connectivity index (χ3v) is 4.78. The van der Waals surface area contributed by atoms with Gasteiger partial charge in [-0.3, -0.25) is 9.89 Å². The van der Waals surface area contributed by atoms with Gasteiger partial charge in [-0.15, -0.1) is 0 Å². The number of nitrogens with one attached hydrogen (secondary N) is 2. The van der Waals surface area contributed by atoms with Crippen LogP contribution in [-0.2, 0) is 11.2 Å². The average Bonchev–Trinajstić information content (AvgIpc) is 2.61. The fourth-order valence-electron chi connectivity index (χ4n) is 3.31. The quantitative estimate of drug-likeness (QED) is 0.586. The first-order chi connectivity index (χ1) is 12.1. The highest BCUT2D eigenvalue weighted by Gasteiger charge is 2.23. The van der Waals surface area contributed by atoms with E-state index >= 15 is 0 Å². The summed E-state index contributed by atoms with van der Waals surface area (Å²) in [4.78, 5) is 6.89. The van der Waals surface area contributed by atoms with Crippen LogP contribution < -0.4 is 10.6 Å². The molecule has 1 aliphatic heterocycles. The van der Waals surface area contributed by atoms with Gasteiger partial charge in [-0.2, -0.15) is 0 Å². The number of hydrogen-bond donors (Lipinski definition) is 2. The van der Waals surface area contributed by atoms with Crippen molar-refractivity contribution in [1.29, 1.82) is 0 Å². The summed E-state index contributed by atoms with van der Waals surface area (Å²) in [6, 6.07) is 9.17. The van der Waals surface area contributed by atoms with Crippen LogP contribution in [0.3, 0.4) is 0 Å². The molecule has 0 aliphatic carbocycles. The molecule has 0 radical (unpaired) electrons. The minimum atomic E-state index is 0.499. The van der Waals surface area contributed by atoms with Gasteiger partial charge in [0, 0.05) is 39.3 Å². The molecule has 140 valence electrons. The molecule has 2 rings (SSSR count). The molecule has 5 heteroatoms. The van der Waals surface area contributed by atoms with E-state index in [0.717, 1.165) is 51.8 Å². The zero-order valence-electron chi connectivity index (χ0n) is 16.2. The van der Waals surface area contributed by atoms with E-state index in [4.69, 9.17) is 4.74 Å². The van der Waals surface area contributed by atoms with E-state index in [9.17, 15) is 0 Å². The van der Waals surface area contributed by atoms with Crippen molar-refractivity contribution in [2.75, 3.05) is 46.4 Å². The molecular weight excluding hydrogens is 312 g/mol. The maximum atomic E-state index is 5.48. The zero-order valence-corrected chi connectivity index (χ0v) is 16.2. The molecule has 1 fully saturated rings. The van der Waals surface area contributed by atoms with E-state index in [1.807, 2.05) is 7.05 Å². The number of hydrogen-bond acceptors (Lipinski definition) is 3. The predicted molar refractivity (Wildman–Crippen MR) is 105 cm³/mol. The van der Waals surface area contributed by atoms with Gasteiger partial charge in [-0.05, 0) is 24.8 Å². The molecule has 1 atom stereocenters. The fraction of sp³-hybridized carbons (Fsp3) is 0.650. The van der Waals surface area contributed by atoms with Gasteiger partial charge in [0.25, 0.3) is 0 Å². The first-order valence-corrected chi connectivity index (χ1v) is 9.42. The molecule has 1 saturated heterocycles. The summed E-state index contributed by atoms with van der Waals surface area (Å²) in [6.07, 6.45) is 0.999. The van der Waals surface area contributed by atoms with Crippen LogP contribution in [0, 0.1) is 12.8 Å². The lowest BCUT2D eigenvalue weighted by Crippen LogP contribution is -2.52. The first kappa shape index (κ1) is 19.7. The zero-order chi connectivity index (χ0) is 18.1. The van der Waals surface area contributed by atoms with Crippen molar-refractivity contribution >= 4 is 5.96 Å². The van der Waals surface area contributed by atoms with Crippen LogP contribution in [0.15, 0.2) is 29.3 Å². The average molecular weight is 347 g/mol. The Morgan fingerprint density at radius 1 is 1.24 bits per heavy atom. The molecule has 1 aliphatic rings. The molecule has 0 amide bonds. The van der Waals surface area contributed by atoms with Crippen LogP contribution in [0.5, 0.6) is 0 Å². The lowest BCUT2D eigenvalue weighted by atomic mass is 10.0. The number of morpholine rings is 1. The Labute approximate surface area is 152 Å². The summed E-state index contributed by atoms with van der Waals surface area (Å²) < 4.78 is 5.48. The van der Waals surface area contributed by atoms with Gasteiger partial charge < -0.3 is 15.4 Å². The van der Waals surface area contributed by atoms with E-state index in [1.165, 1.54) is 11.1 Å². The van der Waals surface area contributed by atoms with Crippen LogP contribution in [0.4, 0.5) is 0 Å². The van der Waals surface area contributed by atoms with E-state index in [0.29, 0.717) is 12.0 Å². The second kappa shape index (κ2) is 10.4. The Morgan fingerprint density at radius 3 is 2.64 bits per heavy atom. The summed E-state index contributed by atoms with van der Waals surface area (Å²) in [6.45, 7) is 12.2. The first-order valence-electron chi connectivity index (χ1n) is 9.42. The third kappa shape index (κ3) is 6.67. The van der Waals surface area contributed by atoms with Gasteiger partial charge >= 0.3 is 0 Å². The second-order valence-electron chi connectivity index (χ2n) is 7.08. The molecule has 0 saturated carbocycles. The molecule has 0 spiro atoms. The Bertz CT molecular complexity index is 538. The van der Waals surface area contributed by atoms with E-state index in [2.05, 4.69) is 65.6 Å². The van der Waals surface area contributed by atoms with Crippen LogP contribution >= 0.6 is 0 Å². The number of nitrogens with zero attached hydrogens (tertiary/aromatic N) is 2.